The van der Waals surface area contributed by atoms with Crippen LogP contribution in [0.2, 0.25) is 0 Å². The van der Waals surface area contributed by atoms with E-state index in [9.17, 15) is 0 Å². The number of thiazole rings is 1. The Balaban J connectivity index is 2.49. The number of aromatic nitrogens is 1. The van der Waals surface area contributed by atoms with E-state index in [4.69, 9.17) is 0 Å². The minimum Gasteiger partial charge on any atom is -0.365 e. The molecule has 0 aromatic carbocycles. The topological polar surface area (TPSA) is 16.1 Å². The van der Waals surface area contributed by atoms with Crippen LogP contribution in [-0.2, 0) is 0 Å². The van der Waals surface area contributed by atoms with Crippen LogP contribution in [0, 0.1) is 5.92 Å². The fourth-order valence-electron chi connectivity index (χ4n) is 1.04. The minimum absolute atomic E-state index is 0.710. The third-order valence-corrected chi connectivity index (χ3v) is 2.32. The molecule has 0 fully saturated rings. The lowest BCUT2D eigenvalue weighted by atomic mass is 10.2. The van der Waals surface area contributed by atoms with Gasteiger partial charge in [-0.25, -0.2) is 0 Å². The normalized spacial score (nSPS) is 10.5. The summed E-state index contributed by atoms with van der Waals surface area (Å²) in [6.07, 6.45) is 1.91. The van der Waals surface area contributed by atoms with Crippen molar-refractivity contribution in [3.63, 3.8) is 0 Å². The van der Waals surface area contributed by atoms with E-state index < -0.39 is 0 Å². The van der Waals surface area contributed by atoms with Gasteiger partial charge in [-0.15, -0.1) is 11.3 Å². The molecular formula is C8H14N2S. The van der Waals surface area contributed by atoms with Crippen molar-refractivity contribution in [1.82, 2.24) is 4.98 Å². The molecule has 0 amide bonds. The summed E-state index contributed by atoms with van der Waals surface area (Å²) in [4.78, 5) is 6.27. The summed E-state index contributed by atoms with van der Waals surface area (Å²) in [6.45, 7) is 5.54. The second kappa shape index (κ2) is 3.72. The molecule has 1 rings (SSSR count). The minimum atomic E-state index is 0.710. The molecule has 11 heavy (non-hydrogen) atoms. The largest absolute Gasteiger partial charge is 0.365 e. The number of anilines is 1. The summed E-state index contributed by atoms with van der Waals surface area (Å²) in [6, 6.07) is 0. The predicted octanol–water partition coefficient (Wildman–Crippen LogP) is 2.24. The average Bonchev–Trinajstić information content (AvgIpc) is 2.35. The van der Waals surface area contributed by atoms with E-state index in [-0.39, 0.29) is 0 Å². The van der Waals surface area contributed by atoms with E-state index in [1.807, 2.05) is 11.7 Å². The van der Waals surface area contributed by atoms with Crippen LogP contribution < -0.4 is 4.90 Å². The van der Waals surface area contributed by atoms with Crippen molar-refractivity contribution < 1.29 is 0 Å². The Kier molecular flexibility index (Phi) is 2.88. The molecule has 0 N–H and O–H groups in total. The van der Waals surface area contributed by atoms with Crippen LogP contribution >= 0.6 is 11.3 Å². The van der Waals surface area contributed by atoms with Crippen molar-refractivity contribution >= 4 is 16.3 Å². The highest BCUT2D eigenvalue weighted by Crippen LogP contribution is 2.17. The Labute approximate surface area is 71.9 Å². The van der Waals surface area contributed by atoms with Crippen molar-refractivity contribution in [3.05, 3.63) is 11.7 Å². The van der Waals surface area contributed by atoms with Crippen LogP contribution in [0.3, 0.4) is 0 Å². The van der Waals surface area contributed by atoms with E-state index in [1.54, 1.807) is 11.3 Å². The third kappa shape index (κ3) is 2.50. The predicted molar refractivity (Wildman–Crippen MR) is 50.2 cm³/mol. The SMILES string of the molecule is CC(C)CN(C)c1cncs1. The number of rotatable bonds is 3. The summed E-state index contributed by atoms with van der Waals surface area (Å²) in [7, 11) is 2.10. The van der Waals surface area contributed by atoms with E-state index in [1.165, 1.54) is 5.00 Å². The lowest BCUT2D eigenvalue weighted by Crippen LogP contribution is -2.21. The fraction of sp³-hybridized carbons (Fsp3) is 0.625. The first-order valence-corrected chi connectivity index (χ1v) is 4.67. The molecule has 1 heterocycles. The quantitative estimate of drug-likeness (QED) is 0.691. The zero-order valence-corrected chi connectivity index (χ0v) is 8.06. The lowest BCUT2D eigenvalue weighted by Gasteiger charge is -2.18. The monoisotopic (exact) mass is 170 g/mol. The summed E-state index contributed by atoms with van der Waals surface area (Å²) < 4.78 is 0. The number of hydrogen-bond acceptors (Lipinski definition) is 3. The molecule has 0 radical (unpaired) electrons. The van der Waals surface area contributed by atoms with Gasteiger partial charge in [0.1, 0.15) is 5.00 Å². The van der Waals surface area contributed by atoms with Crippen LogP contribution in [0.4, 0.5) is 5.00 Å². The zero-order chi connectivity index (χ0) is 8.27. The van der Waals surface area contributed by atoms with E-state index >= 15 is 0 Å². The average molecular weight is 170 g/mol. The maximum Gasteiger partial charge on any atom is 0.111 e. The molecule has 0 saturated carbocycles. The molecule has 62 valence electrons. The Hall–Kier alpha value is -0.570. The van der Waals surface area contributed by atoms with Gasteiger partial charge in [0.15, 0.2) is 0 Å². The van der Waals surface area contributed by atoms with Gasteiger partial charge in [0.25, 0.3) is 0 Å². The van der Waals surface area contributed by atoms with Crippen LogP contribution in [0.15, 0.2) is 11.7 Å². The van der Waals surface area contributed by atoms with Crippen molar-refractivity contribution in [1.29, 1.82) is 0 Å². The second-order valence-electron chi connectivity index (χ2n) is 3.11. The zero-order valence-electron chi connectivity index (χ0n) is 7.24. The molecule has 2 nitrogen and oxygen atoms in total. The van der Waals surface area contributed by atoms with Gasteiger partial charge in [-0.1, -0.05) is 13.8 Å². The molecule has 1 aromatic rings. The van der Waals surface area contributed by atoms with E-state index in [0.29, 0.717) is 5.92 Å². The first-order chi connectivity index (χ1) is 5.20. The maximum absolute atomic E-state index is 4.03. The van der Waals surface area contributed by atoms with E-state index in [2.05, 4.69) is 30.8 Å². The van der Waals surface area contributed by atoms with Gasteiger partial charge in [-0.2, -0.15) is 0 Å². The highest BCUT2D eigenvalue weighted by atomic mass is 32.1. The van der Waals surface area contributed by atoms with Gasteiger partial charge in [0, 0.05) is 13.6 Å². The van der Waals surface area contributed by atoms with E-state index in [0.717, 1.165) is 6.54 Å². The molecule has 0 unspecified atom stereocenters. The Morgan fingerprint density at radius 2 is 2.36 bits per heavy atom. The first-order valence-electron chi connectivity index (χ1n) is 3.79. The summed E-state index contributed by atoms with van der Waals surface area (Å²) in [5, 5.41) is 1.25. The van der Waals surface area contributed by atoms with Crippen LogP contribution in [0.5, 0.6) is 0 Å². The fourth-order valence-corrected chi connectivity index (χ4v) is 1.64. The van der Waals surface area contributed by atoms with Gasteiger partial charge < -0.3 is 4.90 Å². The van der Waals surface area contributed by atoms with Crippen molar-refractivity contribution in [2.24, 2.45) is 5.92 Å². The van der Waals surface area contributed by atoms with Crippen molar-refractivity contribution in [2.45, 2.75) is 13.8 Å². The Morgan fingerprint density at radius 3 is 2.82 bits per heavy atom. The lowest BCUT2D eigenvalue weighted by molar-refractivity contribution is 0.640. The number of nitrogens with zero attached hydrogens (tertiary/aromatic N) is 2. The molecule has 0 aliphatic carbocycles. The van der Waals surface area contributed by atoms with Crippen LogP contribution in [-0.4, -0.2) is 18.6 Å². The molecule has 3 heteroatoms. The molecule has 0 atom stereocenters. The third-order valence-electron chi connectivity index (χ3n) is 1.43. The van der Waals surface area contributed by atoms with Gasteiger partial charge in [-0.05, 0) is 5.92 Å². The molecule has 0 saturated heterocycles. The molecule has 0 aliphatic rings. The summed E-state index contributed by atoms with van der Waals surface area (Å²) in [5.41, 5.74) is 1.87. The van der Waals surface area contributed by atoms with Gasteiger partial charge in [-0.3, -0.25) is 4.98 Å². The molecule has 1 aromatic heterocycles. The highest BCUT2D eigenvalue weighted by Gasteiger charge is 2.03. The smallest absolute Gasteiger partial charge is 0.111 e. The highest BCUT2D eigenvalue weighted by molar-refractivity contribution is 7.13. The maximum atomic E-state index is 4.03. The van der Waals surface area contributed by atoms with Crippen molar-refractivity contribution in [3.8, 4) is 0 Å². The van der Waals surface area contributed by atoms with Gasteiger partial charge >= 0.3 is 0 Å². The first kappa shape index (κ1) is 8.53. The summed E-state index contributed by atoms with van der Waals surface area (Å²) >= 11 is 1.69. The molecule has 0 spiro atoms. The van der Waals surface area contributed by atoms with Gasteiger partial charge in [0.05, 0.1) is 11.7 Å². The molecule has 0 bridgehead atoms. The number of hydrogen-bond donors (Lipinski definition) is 0. The second-order valence-corrected chi connectivity index (χ2v) is 3.98. The summed E-state index contributed by atoms with van der Waals surface area (Å²) in [5.74, 6) is 0.710. The Bertz CT molecular complexity index is 194. The van der Waals surface area contributed by atoms with Gasteiger partial charge in [0.2, 0.25) is 0 Å². The van der Waals surface area contributed by atoms with Crippen LogP contribution in [0.1, 0.15) is 13.8 Å². The van der Waals surface area contributed by atoms with Crippen LogP contribution in [0.25, 0.3) is 0 Å². The molecular weight excluding hydrogens is 156 g/mol. The molecule has 0 aliphatic heterocycles. The standard InChI is InChI=1S/C8H14N2S/c1-7(2)5-10(3)8-4-9-6-11-8/h4,6-7H,5H2,1-3H3. The van der Waals surface area contributed by atoms with Crippen molar-refractivity contribution in [2.75, 3.05) is 18.5 Å². The Morgan fingerprint density at radius 1 is 1.64 bits per heavy atom.